The normalized spacial score (nSPS) is 15.2. The van der Waals surface area contributed by atoms with E-state index in [1.807, 2.05) is 18.2 Å². The van der Waals surface area contributed by atoms with Crippen LogP contribution in [0.5, 0.6) is 0 Å². The highest BCUT2D eigenvalue weighted by molar-refractivity contribution is 6.35. The predicted octanol–water partition coefficient (Wildman–Crippen LogP) is 2.44. The maximum absolute atomic E-state index is 12.4. The van der Waals surface area contributed by atoms with E-state index >= 15 is 0 Å². The van der Waals surface area contributed by atoms with Crippen LogP contribution in [0.3, 0.4) is 0 Å². The van der Waals surface area contributed by atoms with Crippen LogP contribution in [0.2, 0.25) is 10.0 Å². The Kier molecular flexibility index (Phi) is 5.75. The Labute approximate surface area is 160 Å². The van der Waals surface area contributed by atoms with Gasteiger partial charge < -0.3 is 4.90 Å². The summed E-state index contributed by atoms with van der Waals surface area (Å²) >= 11 is 12.4. The second-order valence-electron chi connectivity index (χ2n) is 6.01. The molecule has 1 aromatic heterocycles. The molecule has 0 saturated carbocycles. The topological polar surface area (TPSA) is 84.5 Å². The first-order valence-corrected chi connectivity index (χ1v) is 8.79. The molecule has 138 valence electrons. The van der Waals surface area contributed by atoms with Gasteiger partial charge in [0.2, 0.25) is 5.91 Å². The summed E-state index contributed by atoms with van der Waals surface area (Å²) in [6, 6.07) is 5.43. The molecule has 2 heterocycles. The number of carbonyl (C=O) groups is 1. The summed E-state index contributed by atoms with van der Waals surface area (Å²) in [5.41, 5.74) is 0.763. The molecule has 1 aliphatic heterocycles. The van der Waals surface area contributed by atoms with Gasteiger partial charge in [-0.25, -0.2) is 0 Å². The van der Waals surface area contributed by atoms with Crippen molar-refractivity contribution in [3.63, 3.8) is 0 Å². The summed E-state index contributed by atoms with van der Waals surface area (Å²) < 4.78 is 1.29. The van der Waals surface area contributed by atoms with Crippen molar-refractivity contribution in [2.75, 3.05) is 26.2 Å². The lowest BCUT2D eigenvalue weighted by Gasteiger charge is -2.35. The van der Waals surface area contributed by atoms with Gasteiger partial charge in [-0.3, -0.25) is 24.5 Å². The van der Waals surface area contributed by atoms with Crippen LogP contribution >= 0.6 is 23.2 Å². The van der Waals surface area contributed by atoms with E-state index in [-0.39, 0.29) is 18.1 Å². The fourth-order valence-electron chi connectivity index (χ4n) is 2.83. The molecule has 0 spiro atoms. The Morgan fingerprint density at radius 2 is 1.85 bits per heavy atom. The van der Waals surface area contributed by atoms with Gasteiger partial charge in [0.25, 0.3) is 0 Å². The average molecular weight is 398 g/mol. The van der Waals surface area contributed by atoms with E-state index in [0.29, 0.717) is 42.8 Å². The van der Waals surface area contributed by atoms with E-state index in [1.165, 1.54) is 10.9 Å². The molecule has 8 nitrogen and oxygen atoms in total. The van der Waals surface area contributed by atoms with Gasteiger partial charge in [0.1, 0.15) is 18.9 Å². The monoisotopic (exact) mass is 397 g/mol. The Bertz CT molecular complexity index is 798. The zero-order chi connectivity index (χ0) is 18.7. The highest BCUT2D eigenvalue weighted by Crippen LogP contribution is 2.26. The van der Waals surface area contributed by atoms with Crippen LogP contribution in [0.25, 0.3) is 0 Å². The Morgan fingerprint density at radius 1 is 1.19 bits per heavy atom. The molecule has 1 aromatic carbocycles. The van der Waals surface area contributed by atoms with Crippen molar-refractivity contribution in [2.24, 2.45) is 0 Å². The van der Waals surface area contributed by atoms with Gasteiger partial charge in [0.15, 0.2) is 0 Å². The van der Waals surface area contributed by atoms with Crippen molar-refractivity contribution in [1.82, 2.24) is 19.6 Å². The molecule has 2 aromatic rings. The van der Waals surface area contributed by atoms with Crippen LogP contribution in [0.4, 0.5) is 5.69 Å². The third kappa shape index (κ3) is 4.32. The summed E-state index contributed by atoms with van der Waals surface area (Å²) in [7, 11) is 0. The number of carbonyl (C=O) groups excluding carboxylic acids is 1. The first-order chi connectivity index (χ1) is 12.4. The molecule has 0 atom stereocenters. The molecule has 0 aliphatic carbocycles. The van der Waals surface area contributed by atoms with Gasteiger partial charge in [-0.15, -0.1) is 0 Å². The zero-order valence-electron chi connectivity index (χ0n) is 13.8. The summed E-state index contributed by atoms with van der Waals surface area (Å²) in [4.78, 5) is 26.4. The number of rotatable bonds is 5. The summed E-state index contributed by atoms with van der Waals surface area (Å²) in [6.07, 6.45) is 2.39. The number of amides is 1. The van der Waals surface area contributed by atoms with Crippen LogP contribution in [-0.2, 0) is 17.9 Å². The van der Waals surface area contributed by atoms with Crippen molar-refractivity contribution >= 4 is 34.8 Å². The second kappa shape index (κ2) is 8.03. The van der Waals surface area contributed by atoms with Crippen LogP contribution < -0.4 is 0 Å². The molecule has 3 rings (SSSR count). The summed E-state index contributed by atoms with van der Waals surface area (Å²) in [6.45, 7) is 3.17. The van der Waals surface area contributed by atoms with E-state index in [2.05, 4.69) is 10.00 Å². The molecular weight excluding hydrogens is 381 g/mol. The minimum atomic E-state index is -0.535. The third-order valence-corrected chi connectivity index (χ3v) is 5.00. The molecule has 26 heavy (non-hydrogen) atoms. The third-order valence-electron chi connectivity index (χ3n) is 4.30. The molecule has 1 saturated heterocycles. The van der Waals surface area contributed by atoms with E-state index in [9.17, 15) is 14.9 Å². The van der Waals surface area contributed by atoms with Crippen molar-refractivity contribution < 1.29 is 9.72 Å². The van der Waals surface area contributed by atoms with Crippen LogP contribution in [-0.4, -0.2) is 56.6 Å². The predicted molar refractivity (Wildman–Crippen MR) is 97.2 cm³/mol. The fourth-order valence-corrected chi connectivity index (χ4v) is 3.35. The largest absolute Gasteiger partial charge is 0.339 e. The molecule has 0 radical (unpaired) electrons. The number of hydrogen-bond donors (Lipinski definition) is 0. The molecule has 0 bridgehead atoms. The van der Waals surface area contributed by atoms with Crippen molar-refractivity contribution in [1.29, 1.82) is 0 Å². The van der Waals surface area contributed by atoms with Crippen LogP contribution in [0, 0.1) is 10.1 Å². The molecule has 0 N–H and O–H groups in total. The minimum absolute atomic E-state index is 0.00974. The fraction of sp³-hybridized carbons (Fsp3) is 0.375. The Hall–Kier alpha value is -2.16. The second-order valence-corrected chi connectivity index (χ2v) is 6.82. The number of nitrogens with zero attached hydrogens (tertiary/aromatic N) is 5. The molecular formula is C16H17Cl2N5O3. The molecule has 1 aliphatic rings. The van der Waals surface area contributed by atoms with Crippen LogP contribution in [0.1, 0.15) is 5.56 Å². The average Bonchev–Trinajstić information content (AvgIpc) is 3.07. The Morgan fingerprint density at radius 3 is 2.42 bits per heavy atom. The number of piperazine rings is 1. The maximum atomic E-state index is 12.4. The maximum Gasteiger partial charge on any atom is 0.307 e. The molecule has 1 fully saturated rings. The van der Waals surface area contributed by atoms with Crippen LogP contribution in [0.15, 0.2) is 30.6 Å². The summed E-state index contributed by atoms with van der Waals surface area (Å²) in [5.74, 6) is -0.113. The number of nitro groups is 1. The summed E-state index contributed by atoms with van der Waals surface area (Å²) in [5, 5.41) is 15.8. The standard InChI is InChI=1S/C16H17Cl2N5O3/c17-14-2-1-3-15(18)13(14)10-20-4-6-21(7-5-20)16(24)11-22-9-12(8-19-22)23(25)26/h1-3,8-9H,4-7,10-11H2. The van der Waals surface area contributed by atoms with E-state index in [4.69, 9.17) is 23.2 Å². The quantitative estimate of drug-likeness (QED) is 0.571. The minimum Gasteiger partial charge on any atom is -0.339 e. The SMILES string of the molecule is O=C(Cn1cc([N+](=O)[O-])cn1)N1CCN(Cc2c(Cl)cccc2Cl)CC1. The first kappa shape index (κ1) is 18.6. The van der Waals surface area contributed by atoms with Gasteiger partial charge in [-0.1, -0.05) is 29.3 Å². The van der Waals surface area contributed by atoms with Gasteiger partial charge in [-0.2, -0.15) is 5.10 Å². The highest BCUT2D eigenvalue weighted by atomic mass is 35.5. The lowest BCUT2D eigenvalue weighted by atomic mass is 10.2. The van der Waals surface area contributed by atoms with Crippen molar-refractivity contribution in [3.05, 3.63) is 56.3 Å². The lowest BCUT2D eigenvalue weighted by molar-refractivity contribution is -0.385. The van der Waals surface area contributed by atoms with Crippen molar-refractivity contribution in [3.8, 4) is 0 Å². The molecule has 10 heteroatoms. The Balaban J connectivity index is 1.53. The van der Waals surface area contributed by atoms with Gasteiger partial charge in [0, 0.05) is 48.3 Å². The van der Waals surface area contributed by atoms with Gasteiger partial charge >= 0.3 is 5.69 Å². The van der Waals surface area contributed by atoms with E-state index in [1.54, 1.807) is 4.90 Å². The number of halogens is 2. The first-order valence-electron chi connectivity index (χ1n) is 8.04. The molecule has 0 unspecified atom stereocenters. The number of aromatic nitrogens is 2. The van der Waals surface area contributed by atoms with Gasteiger partial charge in [-0.05, 0) is 12.1 Å². The highest BCUT2D eigenvalue weighted by Gasteiger charge is 2.23. The van der Waals surface area contributed by atoms with E-state index < -0.39 is 4.92 Å². The van der Waals surface area contributed by atoms with Crippen molar-refractivity contribution in [2.45, 2.75) is 13.1 Å². The number of hydrogen-bond acceptors (Lipinski definition) is 5. The zero-order valence-corrected chi connectivity index (χ0v) is 15.4. The van der Waals surface area contributed by atoms with Gasteiger partial charge in [0.05, 0.1) is 4.92 Å². The lowest BCUT2D eigenvalue weighted by Crippen LogP contribution is -2.49. The molecule has 1 amide bonds. The smallest absolute Gasteiger partial charge is 0.307 e. The number of benzene rings is 1. The van der Waals surface area contributed by atoms with E-state index in [0.717, 1.165) is 11.8 Å².